The van der Waals surface area contributed by atoms with Crippen LogP contribution in [0.15, 0.2) is 48.5 Å². The molecular formula is C27H35F3N2O2. The van der Waals surface area contributed by atoms with Crippen LogP contribution in [0.25, 0.3) is 0 Å². The van der Waals surface area contributed by atoms with Crippen LogP contribution in [0.4, 0.5) is 13.2 Å². The Labute approximate surface area is 200 Å². The van der Waals surface area contributed by atoms with Gasteiger partial charge >= 0.3 is 6.18 Å². The predicted molar refractivity (Wildman–Crippen MR) is 126 cm³/mol. The van der Waals surface area contributed by atoms with Crippen molar-refractivity contribution in [1.82, 2.24) is 9.80 Å². The van der Waals surface area contributed by atoms with E-state index in [9.17, 15) is 18.3 Å². The van der Waals surface area contributed by atoms with Crippen molar-refractivity contribution in [2.45, 2.75) is 64.1 Å². The van der Waals surface area contributed by atoms with Gasteiger partial charge in [0.2, 0.25) is 0 Å². The molecule has 1 fully saturated rings. The van der Waals surface area contributed by atoms with E-state index in [0.717, 1.165) is 56.9 Å². The molecule has 2 aromatic rings. The summed E-state index contributed by atoms with van der Waals surface area (Å²) in [6, 6.07) is 13.7. The molecule has 0 spiro atoms. The third-order valence-electron chi connectivity index (χ3n) is 7.39. The second-order valence-electron chi connectivity index (χ2n) is 10.7. The summed E-state index contributed by atoms with van der Waals surface area (Å²) in [6.07, 6.45) is -1.32. The van der Waals surface area contributed by atoms with E-state index in [4.69, 9.17) is 4.74 Å². The summed E-state index contributed by atoms with van der Waals surface area (Å²) >= 11 is 0. The molecule has 0 aromatic heterocycles. The number of hydrogen-bond acceptors (Lipinski definition) is 4. The number of hydrogen-bond donors (Lipinski definition) is 1. The van der Waals surface area contributed by atoms with E-state index in [1.165, 1.54) is 12.1 Å². The lowest BCUT2D eigenvalue weighted by molar-refractivity contribution is -0.137. The Hall–Kier alpha value is -2.09. The van der Waals surface area contributed by atoms with Crippen molar-refractivity contribution in [2.24, 2.45) is 5.41 Å². The van der Waals surface area contributed by atoms with Crippen molar-refractivity contribution in [3.8, 4) is 5.75 Å². The standard InChI is InChI=1S/C27H35F3N2O2/c1-25(2,11-14-32-15-12-26(33,13-16-32)21-7-5-4-6-8-21)18-24-31(3)19-20-17-22(27(28,29)30)9-10-23(20)34-24/h4-10,17,24,33H,11-16,18-19H2,1-3H3. The van der Waals surface area contributed by atoms with Crippen molar-refractivity contribution in [3.63, 3.8) is 0 Å². The summed E-state index contributed by atoms with van der Waals surface area (Å²) in [5.41, 5.74) is 0.185. The fourth-order valence-corrected chi connectivity index (χ4v) is 5.02. The van der Waals surface area contributed by atoms with Gasteiger partial charge in [-0.3, -0.25) is 4.90 Å². The smallest absolute Gasteiger partial charge is 0.416 e. The van der Waals surface area contributed by atoms with Crippen LogP contribution in [0.2, 0.25) is 0 Å². The normalized spacial score (nSPS) is 21.7. The Bertz CT molecular complexity index is 970. The van der Waals surface area contributed by atoms with Gasteiger partial charge in [0.05, 0.1) is 11.2 Å². The molecule has 1 saturated heterocycles. The molecule has 0 saturated carbocycles. The van der Waals surface area contributed by atoms with Crippen LogP contribution in [-0.2, 0) is 18.3 Å². The first-order chi connectivity index (χ1) is 16.0. The Morgan fingerprint density at radius 2 is 1.74 bits per heavy atom. The monoisotopic (exact) mass is 476 g/mol. The Morgan fingerprint density at radius 1 is 1.06 bits per heavy atom. The molecule has 7 heteroatoms. The van der Waals surface area contributed by atoms with Crippen LogP contribution < -0.4 is 4.74 Å². The average molecular weight is 477 g/mol. The van der Waals surface area contributed by atoms with Gasteiger partial charge in [-0.2, -0.15) is 13.2 Å². The van der Waals surface area contributed by atoms with Gasteiger partial charge in [0.1, 0.15) is 5.75 Å². The predicted octanol–water partition coefficient (Wildman–Crippen LogP) is 5.65. The number of aliphatic hydroxyl groups is 1. The third-order valence-corrected chi connectivity index (χ3v) is 7.39. The maximum Gasteiger partial charge on any atom is 0.416 e. The van der Waals surface area contributed by atoms with Gasteiger partial charge < -0.3 is 14.7 Å². The molecule has 1 unspecified atom stereocenters. The first-order valence-corrected chi connectivity index (χ1v) is 12.0. The van der Waals surface area contributed by atoms with Crippen LogP contribution in [0.3, 0.4) is 0 Å². The molecule has 4 nitrogen and oxygen atoms in total. The minimum atomic E-state index is -4.35. The maximum absolute atomic E-state index is 13.0. The molecule has 2 heterocycles. The topological polar surface area (TPSA) is 35.9 Å². The zero-order valence-corrected chi connectivity index (χ0v) is 20.2. The van der Waals surface area contributed by atoms with Crippen molar-refractivity contribution >= 4 is 0 Å². The van der Waals surface area contributed by atoms with Crippen LogP contribution in [0.1, 0.15) is 56.2 Å². The molecule has 0 bridgehead atoms. The fourth-order valence-electron chi connectivity index (χ4n) is 5.02. The number of benzene rings is 2. The zero-order chi connectivity index (χ0) is 24.6. The molecule has 0 amide bonds. The van der Waals surface area contributed by atoms with Crippen molar-refractivity contribution in [2.75, 3.05) is 26.7 Å². The molecule has 4 rings (SSSR count). The largest absolute Gasteiger partial charge is 0.475 e. The van der Waals surface area contributed by atoms with Gasteiger partial charge in [-0.05, 0) is 62.0 Å². The highest BCUT2D eigenvalue weighted by Gasteiger charge is 2.36. The van der Waals surface area contributed by atoms with Crippen molar-refractivity contribution < 1.29 is 23.0 Å². The number of rotatable bonds is 6. The van der Waals surface area contributed by atoms with E-state index < -0.39 is 17.3 Å². The summed E-state index contributed by atoms with van der Waals surface area (Å²) in [7, 11) is 1.90. The average Bonchev–Trinajstić information content (AvgIpc) is 2.79. The highest BCUT2D eigenvalue weighted by atomic mass is 19.4. The highest BCUT2D eigenvalue weighted by molar-refractivity contribution is 5.39. The van der Waals surface area contributed by atoms with E-state index >= 15 is 0 Å². The second-order valence-corrected chi connectivity index (χ2v) is 10.7. The summed E-state index contributed by atoms with van der Waals surface area (Å²) in [6.45, 7) is 7.53. The molecule has 0 radical (unpaired) electrons. The van der Waals surface area contributed by atoms with Gasteiger partial charge in [-0.1, -0.05) is 44.2 Å². The summed E-state index contributed by atoms with van der Waals surface area (Å²) < 4.78 is 45.3. The van der Waals surface area contributed by atoms with Crippen LogP contribution >= 0.6 is 0 Å². The Morgan fingerprint density at radius 3 is 2.38 bits per heavy atom. The lowest BCUT2D eigenvalue weighted by Gasteiger charge is -2.41. The van der Waals surface area contributed by atoms with Gasteiger partial charge in [-0.25, -0.2) is 0 Å². The molecule has 1 N–H and O–H groups in total. The quantitative estimate of drug-likeness (QED) is 0.585. The Kier molecular flexibility index (Phi) is 7.00. The number of likely N-dealkylation sites (tertiary alicyclic amines) is 1. The molecule has 2 aliphatic heterocycles. The van der Waals surface area contributed by atoms with E-state index in [1.54, 1.807) is 0 Å². The lowest BCUT2D eigenvalue weighted by atomic mass is 9.82. The zero-order valence-electron chi connectivity index (χ0n) is 20.2. The first-order valence-electron chi connectivity index (χ1n) is 12.0. The lowest BCUT2D eigenvalue weighted by Crippen LogP contribution is -2.45. The van der Waals surface area contributed by atoms with Crippen LogP contribution in [0, 0.1) is 5.41 Å². The summed E-state index contributed by atoms with van der Waals surface area (Å²) in [5, 5.41) is 11.1. The van der Waals surface area contributed by atoms with Gasteiger partial charge in [0.15, 0.2) is 6.23 Å². The summed E-state index contributed by atoms with van der Waals surface area (Å²) in [4.78, 5) is 4.41. The first kappa shape index (κ1) is 25.0. The van der Waals surface area contributed by atoms with Gasteiger partial charge in [0, 0.05) is 31.6 Å². The SMILES string of the molecule is CN1Cc2cc(C(F)(F)F)ccc2OC1CC(C)(C)CCN1CCC(O)(c2ccccc2)CC1. The van der Waals surface area contributed by atoms with E-state index in [-0.39, 0.29) is 11.6 Å². The molecule has 1 atom stereocenters. The molecule has 2 aliphatic rings. The molecule has 186 valence electrons. The van der Waals surface area contributed by atoms with Crippen molar-refractivity contribution in [3.05, 3.63) is 65.2 Å². The van der Waals surface area contributed by atoms with Crippen LogP contribution in [0.5, 0.6) is 5.75 Å². The van der Waals surface area contributed by atoms with Gasteiger partial charge in [-0.15, -0.1) is 0 Å². The van der Waals surface area contributed by atoms with Crippen LogP contribution in [-0.4, -0.2) is 47.8 Å². The molecule has 2 aromatic carbocycles. The number of ether oxygens (including phenoxy) is 1. The summed E-state index contributed by atoms with van der Waals surface area (Å²) in [5.74, 6) is 0.545. The maximum atomic E-state index is 13.0. The van der Waals surface area contributed by atoms with E-state index in [1.807, 2.05) is 42.3 Å². The molecule has 34 heavy (non-hydrogen) atoms. The fraction of sp³-hybridized carbons (Fsp3) is 0.556. The number of nitrogens with zero attached hydrogens (tertiary/aromatic N) is 2. The van der Waals surface area contributed by atoms with Crippen molar-refractivity contribution in [1.29, 1.82) is 0 Å². The number of piperidine rings is 1. The second kappa shape index (κ2) is 9.51. The Balaban J connectivity index is 1.30. The molecule has 0 aliphatic carbocycles. The minimum absolute atomic E-state index is 0.00444. The van der Waals surface area contributed by atoms with E-state index in [0.29, 0.717) is 17.9 Å². The van der Waals surface area contributed by atoms with E-state index in [2.05, 4.69) is 18.7 Å². The number of alkyl halides is 3. The third kappa shape index (κ3) is 5.75. The minimum Gasteiger partial charge on any atom is -0.475 e. The molecular weight excluding hydrogens is 441 g/mol. The van der Waals surface area contributed by atoms with Gasteiger partial charge in [0.25, 0.3) is 0 Å². The number of fused-ring (bicyclic) bond motifs is 1. The number of halogens is 3. The highest BCUT2D eigenvalue weighted by Crippen LogP contribution is 2.38.